The molecule has 2 heterocycles. The molecule has 0 radical (unpaired) electrons. The molecular formula is C42H54F2N3O5+. The predicted octanol–water partition coefficient (Wildman–Crippen LogP) is 9.08. The number of carbonyl (C=O) groups excluding carboxylic acids is 1. The summed E-state index contributed by atoms with van der Waals surface area (Å²) in [6.45, 7) is 12.3. The Morgan fingerprint density at radius 3 is 2.23 bits per heavy atom. The summed E-state index contributed by atoms with van der Waals surface area (Å²) in [6, 6.07) is 13.5. The number of anilines is 1. The molecule has 1 aliphatic heterocycles. The molecule has 5 rings (SSSR count). The van der Waals surface area contributed by atoms with Gasteiger partial charge in [-0.3, -0.25) is 9.59 Å². The Balaban J connectivity index is 1.42. The molecule has 0 atom stereocenters. The van der Waals surface area contributed by atoms with Gasteiger partial charge in [0, 0.05) is 54.1 Å². The monoisotopic (exact) mass is 718 g/mol. The lowest BCUT2D eigenvalue weighted by atomic mass is 10.1. The van der Waals surface area contributed by atoms with Crippen LogP contribution >= 0.6 is 0 Å². The third kappa shape index (κ3) is 9.91. The van der Waals surface area contributed by atoms with E-state index in [1.807, 2.05) is 39.0 Å². The van der Waals surface area contributed by atoms with Crippen LogP contribution in [0.4, 0.5) is 14.5 Å². The highest BCUT2D eigenvalue weighted by molar-refractivity contribution is 6.07. The molecule has 0 unspecified atom stereocenters. The van der Waals surface area contributed by atoms with Gasteiger partial charge in [0.1, 0.15) is 34.4 Å². The molecule has 0 N–H and O–H groups in total. The Labute approximate surface area is 306 Å². The molecule has 1 aromatic heterocycles. The largest absolute Gasteiger partial charge is 0.494 e. The first-order chi connectivity index (χ1) is 25.0. The van der Waals surface area contributed by atoms with Crippen LogP contribution in [0.15, 0.2) is 65.6 Å². The lowest BCUT2D eigenvalue weighted by Crippen LogP contribution is -2.48. The standard InChI is InChI=1S/C42H54F2N3O5/c1-6-45(33-23-31(43)22-32(44)24-33)42(49)39-29-46(34-25-36(50-7-2)27-37(26-34)52-30(3)4)40-28-35(16-17-38(40)41(39)48)51-21-15-10-8-9-12-18-47(5)19-13-11-14-20-47/h16-17,22-30H,6-15,18-21H2,1-5H3/q+1. The van der Waals surface area contributed by atoms with Crippen LogP contribution in [-0.2, 0) is 0 Å². The zero-order valence-electron chi connectivity index (χ0n) is 31.4. The first-order valence-electron chi connectivity index (χ1n) is 18.9. The van der Waals surface area contributed by atoms with Gasteiger partial charge in [-0.25, -0.2) is 8.78 Å². The van der Waals surface area contributed by atoms with Crippen LogP contribution < -0.4 is 24.5 Å². The van der Waals surface area contributed by atoms with Crippen LogP contribution in [-0.4, -0.2) is 67.5 Å². The van der Waals surface area contributed by atoms with Crippen molar-refractivity contribution in [3.63, 3.8) is 0 Å². The molecule has 3 aromatic carbocycles. The molecule has 280 valence electrons. The van der Waals surface area contributed by atoms with E-state index in [1.54, 1.807) is 29.7 Å². The number of nitrogens with zero attached hydrogens (tertiary/aromatic N) is 3. The number of unbranched alkanes of at least 4 members (excludes halogenated alkanes) is 4. The number of carbonyl (C=O) groups is 1. The van der Waals surface area contributed by atoms with Gasteiger partial charge in [-0.05, 0) is 90.5 Å². The second-order valence-corrected chi connectivity index (χ2v) is 14.3. The number of quaternary nitrogens is 1. The highest BCUT2D eigenvalue weighted by atomic mass is 19.1. The molecule has 10 heteroatoms. The highest BCUT2D eigenvalue weighted by Gasteiger charge is 2.25. The van der Waals surface area contributed by atoms with Gasteiger partial charge in [-0.2, -0.15) is 0 Å². The number of fused-ring (bicyclic) bond motifs is 1. The van der Waals surface area contributed by atoms with Crippen molar-refractivity contribution >= 4 is 22.5 Å². The molecule has 0 spiro atoms. The predicted molar refractivity (Wildman–Crippen MR) is 203 cm³/mol. The van der Waals surface area contributed by atoms with Crippen molar-refractivity contribution in [2.45, 2.75) is 85.2 Å². The maximum atomic E-state index is 14.2. The molecule has 8 nitrogen and oxygen atoms in total. The van der Waals surface area contributed by atoms with Crippen molar-refractivity contribution in [3.05, 3.63) is 88.2 Å². The van der Waals surface area contributed by atoms with Gasteiger partial charge in [0.15, 0.2) is 0 Å². The minimum atomic E-state index is -0.821. The zero-order chi connectivity index (χ0) is 37.3. The van der Waals surface area contributed by atoms with E-state index in [-0.39, 0.29) is 29.3 Å². The van der Waals surface area contributed by atoms with Gasteiger partial charge >= 0.3 is 0 Å². The molecule has 52 heavy (non-hydrogen) atoms. The quantitative estimate of drug-likeness (QED) is 0.0805. The number of hydrogen-bond donors (Lipinski definition) is 0. The number of benzene rings is 3. The molecule has 1 aliphatic rings. The van der Waals surface area contributed by atoms with Crippen molar-refractivity contribution in [2.24, 2.45) is 0 Å². The number of halogens is 2. The Kier molecular flexibility index (Phi) is 13.3. The number of likely N-dealkylation sites (tertiary alicyclic amines) is 1. The minimum Gasteiger partial charge on any atom is -0.494 e. The van der Waals surface area contributed by atoms with Crippen LogP contribution in [0.1, 0.15) is 89.4 Å². The topological polar surface area (TPSA) is 70.0 Å². The summed E-state index contributed by atoms with van der Waals surface area (Å²) >= 11 is 0. The molecule has 0 aliphatic carbocycles. The Hall–Kier alpha value is -4.44. The van der Waals surface area contributed by atoms with Gasteiger partial charge in [-0.1, -0.05) is 12.8 Å². The van der Waals surface area contributed by atoms with Crippen LogP contribution in [0.5, 0.6) is 17.2 Å². The van der Waals surface area contributed by atoms with Crippen LogP contribution in [0.3, 0.4) is 0 Å². The maximum Gasteiger partial charge on any atom is 0.263 e. The summed E-state index contributed by atoms with van der Waals surface area (Å²) < 4.78 is 49.5. The normalized spacial score (nSPS) is 14.1. The second kappa shape index (κ2) is 17.9. The van der Waals surface area contributed by atoms with E-state index < -0.39 is 23.0 Å². The Morgan fingerprint density at radius 2 is 1.54 bits per heavy atom. The van der Waals surface area contributed by atoms with Gasteiger partial charge in [0.25, 0.3) is 5.91 Å². The van der Waals surface area contributed by atoms with Crippen molar-refractivity contribution in [2.75, 3.05) is 51.3 Å². The van der Waals surface area contributed by atoms with Crippen LogP contribution in [0.2, 0.25) is 0 Å². The molecule has 1 saturated heterocycles. The summed E-state index contributed by atoms with van der Waals surface area (Å²) in [5.74, 6) is -0.607. The van der Waals surface area contributed by atoms with E-state index in [2.05, 4.69) is 7.05 Å². The van der Waals surface area contributed by atoms with E-state index in [1.165, 1.54) is 73.7 Å². The summed E-state index contributed by atoms with van der Waals surface area (Å²) in [7, 11) is 2.40. The van der Waals surface area contributed by atoms with Crippen molar-refractivity contribution < 1.29 is 32.3 Å². The molecule has 1 amide bonds. The summed E-state index contributed by atoms with van der Waals surface area (Å²) in [4.78, 5) is 29.3. The van der Waals surface area contributed by atoms with Gasteiger partial charge < -0.3 is 28.2 Å². The zero-order valence-corrected chi connectivity index (χ0v) is 31.4. The van der Waals surface area contributed by atoms with E-state index in [0.717, 1.165) is 31.0 Å². The third-order valence-electron chi connectivity index (χ3n) is 9.76. The summed E-state index contributed by atoms with van der Waals surface area (Å²) in [5.41, 5.74) is 0.481. The molecule has 4 aromatic rings. The molecule has 1 fully saturated rings. The third-order valence-corrected chi connectivity index (χ3v) is 9.76. The van der Waals surface area contributed by atoms with Gasteiger partial charge in [0.2, 0.25) is 5.43 Å². The lowest BCUT2D eigenvalue weighted by Gasteiger charge is -2.37. The van der Waals surface area contributed by atoms with Crippen molar-refractivity contribution in [1.29, 1.82) is 0 Å². The second-order valence-electron chi connectivity index (χ2n) is 14.3. The highest BCUT2D eigenvalue weighted by Crippen LogP contribution is 2.30. The molecule has 0 saturated carbocycles. The van der Waals surface area contributed by atoms with Crippen LogP contribution in [0, 0.1) is 11.6 Å². The maximum absolute atomic E-state index is 14.2. The van der Waals surface area contributed by atoms with Crippen LogP contribution in [0.25, 0.3) is 16.6 Å². The first kappa shape index (κ1) is 38.8. The Morgan fingerprint density at radius 1 is 0.846 bits per heavy atom. The fraction of sp³-hybridized carbons (Fsp3) is 0.476. The average Bonchev–Trinajstić information content (AvgIpc) is 3.09. The lowest BCUT2D eigenvalue weighted by molar-refractivity contribution is -0.914. The van der Waals surface area contributed by atoms with Crippen molar-refractivity contribution in [3.8, 4) is 22.9 Å². The number of amides is 1. The number of rotatable bonds is 17. The van der Waals surface area contributed by atoms with E-state index in [4.69, 9.17) is 14.2 Å². The Bertz CT molecular complexity index is 1870. The van der Waals surface area contributed by atoms with Gasteiger partial charge in [-0.15, -0.1) is 0 Å². The fourth-order valence-corrected chi connectivity index (χ4v) is 7.15. The average molecular weight is 719 g/mol. The summed E-state index contributed by atoms with van der Waals surface area (Å²) in [6.07, 6.45) is 11.1. The van der Waals surface area contributed by atoms with E-state index in [0.29, 0.717) is 41.7 Å². The number of ether oxygens (including phenoxy) is 3. The van der Waals surface area contributed by atoms with E-state index >= 15 is 0 Å². The van der Waals surface area contributed by atoms with Crippen molar-refractivity contribution in [1.82, 2.24) is 4.57 Å². The fourth-order valence-electron chi connectivity index (χ4n) is 7.15. The molecule has 0 bridgehead atoms. The van der Waals surface area contributed by atoms with E-state index in [9.17, 15) is 18.4 Å². The molecular weight excluding hydrogens is 664 g/mol. The number of hydrogen-bond acceptors (Lipinski definition) is 5. The first-order valence-corrected chi connectivity index (χ1v) is 18.9. The van der Waals surface area contributed by atoms with Gasteiger partial charge in [0.05, 0.1) is 57.2 Å². The summed E-state index contributed by atoms with van der Waals surface area (Å²) in [5, 5.41) is 0.290. The SMILES string of the molecule is CCOc1cc(OC(C)C)cc(-n2cc(C(=O)N(CC)c3cc(F)cc(F)c3)c(=O)c3ccc(OCCCCCCC[N+]4(C)CCCCC4)cc32)c1. The smallest absolute Gasteiger partial charge is 0.263 e. The number of piperidine rings is 1. The number of aromatic nitrogens is 1. The number of pyridine rings is 1. The minimum absolute atomic E-state index is 0.0171.